The van der Waals surface area contributed by atoms with Crippen LogP contribution in [-0.2, 0) is 10.1 Å². The van der Waals surface area contributed by atoms with E-state index in [-0.39, 0.29) is 6.10 Å². The Bertz CT molecular complexity index is 395. The van der Waals surface area contributed by atoms with Crippen LogP contribution in [0.4, 0.5) is 0 Å². The molecule has 2 N–H and O–H groups in total. The molecule has 0 amide bonds. The third kappa shape index (κ3) is 16.1. The van der Waals surface area contributed by atoms with Crippen molar-refractivity contribution < 1.29 is 18.1 Å². The van der Waals surface area contributed by atoms with Gasteiger partial charge in [-0.1, -0.05) is 90.9 Å². The second-order valence-corrected chi connectivity index (χ2v) is 9.53. The average molecular weight is 393 g/mol. The lowest BCUT2D eigenvalue weighted by Crippen LogP contribution is -2.21. The van der Waals surface area contributed by atoms with Crippen molar-refractivity contribution in [1.82, 2.24) is 0 Å². The van der Waals surface area contributed by atoms with E-state index in [0.29, 0.717) is 25.7 Å². The lowest BCUT2D eigenvalue weighted by molar-refractivity contribution is 0.147. The quantitative estimate of drug-likeness (QED) is 0.200. The molecular weight excluding hydrogens is 348 g/mol. The fourth-order valence-corrected chi connectivity index (χ4v) is 4.41. The Morgan fingerprint density at radius 1 is 0.615 bits per heavy atom. The first-order valence-electron chi connectivity index (χ1n) is 11.1. The zero-order valence-corrected chi connectivity index (χ0v) is 18.1. The van der Waals surface area contributed by atoms with Gasteiger partial charge in [-0.2, -0.15) is 8.42 Å². The van der Waals surface area contributed by atoms with Crippen LogP contribution in [0.1, 0.15) is 123 Å². The van der Waals surface area contributed by atoms with Gasteiger partial charge in [-0.25, -0.2) is 0 Å². The highest BCUT2D eigenvalue weighted by Crippen LogP contribution is 2.19. The molecule has 0 aliphatic rings. The molecular formula is C21H44O4S. The zero-order valence-electron chi connectivity index (χ0n) is 17.3. The fraction of sp³-hybridized carbons (Fsp3) is 1.00. The largest absolute Gasteiger partial charge is 0.393 e. The molecule has 0 rings (SSSR count). The number of aliphatic hydroxyl groups excluding tert-OH is 1. The number of hydrogen-bond donors (Lipinski definition) is 2. The second kappa shape index (κ2) is 17.0. The standard InChI is InChI=1S/C21H44O4S/c1-3-5-7-9-10-11-12-14-18-21(26(23,24)25)19-15-17-20(22)16-13-8-6-4-2/h20-22H,3-19H2,1-2H3,(H,23,24,25). The van der Waals surface area contributed by atoms with E-state index in [1.54, 1.807) is 0 Å². The summed E-state index contributed by atoms with van der Waals surface area (Å²) in [6, 6.07) is 0. The van der Waals surface area contributed by atoms with Gasteiger partial charge >= 0.3 is 0 Å². The summed E-state index contributed by atoms with van der Waals surface area (Å²) in [5.41, 5.74) is 0. The fourth-order valence-electron chi connectivity index (χ4n) is 3.48. The summed E-state index contributed by atoms with van der Waals surface area (Å²) in [7, 11) is -3.97. The predicted octanol–water partition coefficient (Wildman–Crippen LogP) is 6.28. The molecule has 158 valence electrons. The molecule has 0 heterocycles. The van der Waals surface area contributed by atoms with E-state index in [2.05, 4.69) is 13.8 Å². The van der Waals surface area contributed by atoms with Gasteiger partial charge < -0.3 is 5.11 Å². The predicted molar refractivity (Wildman–Crippen MR) is 111 cm³/mol. The van der Waals surface area contributed by atoms with Crippen LogP contribution in [0.5, 0.6) is 0 Å². The van der Waals surface area contributed by atoms with E-state index in [1.807, 2.05) is 0 Å². The third-order valence-electron chi connectivity index (χ3n) is 5.26. The lowest BCUT2D eigenvalue weighted by atomic mass is 10.0. The Hall–Kier alpha value is -0.130. The molecule has 0 spiro atoms. The SMILES string of the molecule is CCCCCCCCCCC(CCCC(O)CCCCCC)S(=O)(=O)O. The van der Waals surface area contributed by atoms with E-state index in [9.17, 15) is 18.1 Å². The van der Waals surface area contributed by atoms with Crippen molar-refractivity contribution in [3.05, 3.63) is 0 Å². The smallest absolute Gasteiger partial charge is 0.267 e. The number of rotatable bonds is 19. The number of hydrogen-bond acceptors (Lipinski definition) is 3. The summed E-state index contributed by atoms with van der Waals surface area (Å²) in [4.78, 5) is 0. The highest BCUT2D eigenvalue weighted by Gasteiger charge is 2.22. The Labute approximate surface area is 162 Å². The average Bonchev–Trinajstić information content (AvgIpc) is 2.58. The summed E-state index contributed by atoms with van der Waals surface area (Å²) in [6.45, 7) is 4.37. The molecule has 0 saturated carbocycles. The molecule has 0 aliphatic heterocycles. The normalized spacial score (nSPS) is 14.5. The molecule has 0 bridgehead atoms. The Kier molecular flexibility index (Phi) is 16.9. The minimum Gasteiger partial charge on any atom is -0.393 e. The molecule has 2 unspecified atom stereocenters. The van der Waals surface area contributed by atoms with Crippen molar-refractivity contribution in [1.29, 1.82) is 0 Å². The first-order valence-corrected chi connectivity index (χ1v) is 12.6. The van der Waals surface area contributed by atoms with Crippen LogP contribution in [0.15, 0.2) is 0 Å². The van der Waals surface area contributed by atoms with Gasteiger partial charge in [-0.05, 0) is 32.1 Å². The minimum absolute atomic E-state index is 0.336. The van der Waals surface area contributed by atoms with E-state index in [0.717, 1.165) is 38.5 Å². The van der Waals surface area contributed by atoms with Crippen LogP contribution < -0.4 is 0 Å². The summed E-state index contributed by atoms with van der Waals surface area (Å²) >= 11 is 0. The maximum atomic E-state index is 11.6. The minimum atomic E-state index is -3.97. The van der Waals surface area contributed by atoms with Gasteiger partial charge in [0.25, 0.3) is 10.1 Å². The van der Waals surface area contributed by atoms with Gasteiger partial charge in [0.05, 0.1) is 11.4 Å². The topological polar surface area (TPSA) is 74.6 Å². The van der Waals surface area contributed by atoms with Gasteiger partial charge in [0.15, 0.2) is 0 Å². The molecule has 2 atom stereocenters. The van der Waals surface area contributed by atoms with Crippen molar-refractivity contribution in [3.8, 4) is 0 Å². The molecule has 5 heteroatoms. The van der Waals surface area contributed by atoms with Crippen molar-refractivity contribution in [2.45, 2.75) is 134 Å². The summed E-state index contributed by atoms with van der Waals surface area (Å²) in [6.07, 6.45) is 16.7. The summed E-state index contributed by atoms with van der Waals surface area (Å²) in [5, 5.41) is 9.33. The van der Waals surface area contributed by atoms with Crippen LogP contribution in [0.2, 0.25) is 0 Å². The second-order valence-electron chi connectivity index (χ2n) is 7.83. The highest BCUT2D eigenvalue weighted by molar-refractivity contribution is 7.86. The van der Waals surface area contributed by atoms with E-state index in [1.165, 1.54) is 44.9 Å². The molecule has 26 heavy (non-hydrogen) atoms. The first kappa shape index (κ1) is 25.9. The molecule has 0 aromatic carbocycles. The van der Waals surface area contributed by atoms with Crippen LogP contribution >= 0.6 is 0 Å². The van der Waals surface area contributed by atoms with E-state index in [4.69, 9.17) is 0 Å². The summed E-state index contributed by atoms with van der Waals surface area (Å²) in [5.74, 6) is 0. The Morgan fingerprint density at radius 2 is 1.00 bits per heavy atom. The lowest BCUT2D eigenvalue weighted by Gasteiger charge is -2.15. The van der Waals surface area contributed by atoms with Crippen molar-refractivity contribution in [2.75, 3.05) is 0 Å². The van der Waals surface area contributed by atoms with E-state index < -0.39 is 15.4 Å². The van der Waals surface area contributed by atoms with Gasteiger partial charge in [0.2, 0.25) is 0 Å². The molecule has 0 fully saturated rings. The van der Waals surface area contributed by atoms with Gasteiger partial charge in [-0.3, -0.25) is 4.55 Å². The third-order valence-corrected chi connectivity index (χ3v) is 6.57. The monoisotopic (exact) mass is 392 g/mol. The van der Waals surface area contributed by atoms with Gasteiger partial charge in [0, 0.05) is 0 Å². The molecule has 0 aliphatic carbocycles. The van der Waals surface area contributed by atoms with Crippen molar-refractivity contribution in [2.24, 2.45) is 0 Å². The first-order chi connectivity index (χ1) is 12.4. The van der Waals surface area contributed by atoms with E-state index >= 15 is 0 Å². The molecule has 0 aromatic rings. The molecule has 0 saturated heterocycles. The summed E-state index contributed by atoms with van der Waals surface area (Å²) < 4.78 is 32.6. The molecule has 0 radical (unpaired) electrons. The van der Waals surface area contributed by atoms with Gasteiger partial charge in [0.1, 0.15) is 0 Å². The molecule has 0 aromatic heterocycles. The maximum Gasteiger partial charge on any atom is 0.267 e. The van der Waals surface area contributed by atoms with Crippen LogP contribution in [0, 0.1) is 0 Å². The number of unbranched alkanes of at least 4 members (excludes halogenated alkanes) is 10. The van der Waals surface area contributed by atoms with Gasteiger partial charge in [-0.15, -0.1) is 0 Å². The maximum absolute atomic E-state index is 11.6. The van der Waals surface area contributed by atoms with Crippen LogP contribution in [0.25, 0.3) is 0 Å². The van der Waals surface area contributed by atoms with Crippen molar-refractivity contribution in [3.63, 3.8) is 0 Å². The molecule has 4 nitrogen and oxygen atoms in total. The number of aliphatic hydroxyl groups is 1. The zero-order chi connectivity index (χ0) is 19.7. The highest BCUT2D eigenvalue weighted by atomic mass is 32.2. The Morgan fingerprint density at radius 3 is 1.54 bits per heavy atom. The van der Waals surface area contributed by atoms with Crippen molar-refractivity contribution >= 4 is 10.1 Å². The van der Waals surface area contributed by atoms with Crippen LogP contribution in [-0.4, -0.2) is 29.4 Å². The van der Waals surface area contributed by atoms with Crippen LogP contribution in [0.3, 0.4) is 0 Å². The Balaban J connectivity index is 3.86.